The number of nitrogens with zero attached hydrogens (tertiary/aromatic N) is 1. The van der Waals surface area contributed by atoms with Crippen LogP contribution in [0.1, 0.15) is 86.0 Å². The molecule has 5 saturated carbocycles. The number of aliphatic hydroxyl groups is 2. The highest BCUT2D eigenvalue weighted by molar-refractivity contribution is 5.92. The molecule has 11 atom stereocenters. The van der Waals surface area contributed by atoms with Gasteiger partial charge in [0.1, 0.15) is 5.78 Å². The maximum atomic E-state index is 14.4. The second kappa shape index (κ2) is 7.77. The quantitative estimate of drug-likeness (QED) is 0.552. The third-order valence-corrected chi connectivity index (χ3v) is 13.0. The molecule has 3 N–H and O–H groups in total. The van der Waals surface area contributed by atoms with E-state index in [1.54, 1.807) is 0 Å². The van der Waals surface area contributed by atoms with Crippen LogP contribution in [0.3, 0.4) is 0 Å². The lowest BCUT2D eigenvalue weighted by Crippen LogP contribution is -2.64. The highest BCUT2D eigenvalue weighted by atomic mass is 16.3. The normalized spacial score (nSPS) is 53.3. The van der Waals surface area contributed by atoms with Gasteiger partial charge in [-0.1, -0.05) is 27.7 Å². The predicted octanol–water partition coefficient (Wildman–Crippen LogP) is 3.39. The summed E-state index contributed by atoms with van der Waals surface area (Å²) >= 11 is 0. The molecule has 0 aliphatic heterocycles. The Bertz CT molecular complexity index is 922. The molecule has 0 heterocycles. The SMILES string of the molecule is CCC(=O)N[C@H]1CC[C@]23CC24C(=O)C[C@]2(C)[C@@H]([C@H](C)N(C)C)[C@H](O)C[C@@]2(C)[C@@H]4CC[C@H]3[C@]1(C)CO. The Kier molecular flexibility index (Phi) is 5.69. The van der Waals surface area contributed by atoms with Gasteiger partial charge in [-0.15, -0.1) is 0 Å². The van der Waals surface area contributed by atoms with Crippen molar-refractivity contribution in [1.82, 2.24) is 10.2 Å². The number of aliphatic hydroxyl groups excluding tert-OH is 2. The van der Waals surface area contributed by atoms with Crippen LogP contribution < -0.4 is 5.32 Å². The van der Waals surface area contributed by atoms with Crippen LogP contribution in [0.5, 0.6) is 0 Å². The topological polar surface area (TPSA) is 89.9 Å². The van der Waals surface area contributed by atoms with Crippen molar-refractivity contribution in [3.05, 3.63) is 0 Å². The molecule has 0 bridgehead atoms. The molecule has 6 heteroatoms. The number of ketones is 1. The number of nitrogens with one attached hydrogen (secondary N) is 1. The van der Waals surface area contributed by atoms with E-state index in [1.807, 2.05) is 6.92 Å². The van der Waals surface area contributed by atoms with Crippen LogP contribution in [0, 0.1) is 44.8 Å². The van der Waals surface area contributed by atoms with Crippen molar-refractivity contribution in [1.29, 1.82) is 0 Å². The first kappa shape index (κ1) is 25.7. The predicted molar refractivity (Wildman–Crippen MR) is 135 cm³/mol. The number of Topliss-reactive ketones (excluding diaryl/α,β-unsaturated/α-hetero) is 1. The molecule has 5 aliphatic rings. The lowest BCUT2D eigenvalue weighted by Gasteiger charge is -2.63. The minimum atomic E-state index is -0.406. The number of hydrogen-bond donors (Lipinski definition) is 3. The van der Waals surface area contributed by atoms with Crippen molar-refractivity contribution in [2.75, 3.05) is 20.7 Å². The first-order valence-corrected chi connectivity index (χ1v) is 14.1. The first-order chi connectivity index (χ1) is 16.3. The fourth-order valence-corrected chi connectivity index (χ4v) is 10.9. The van der Waals surface area contributed by atoms with E-state index in [0.29, 0.717) is 18.6 Å². The van der Waals surface area contributed by atoms with E-state index in [4.69, 9.17) is 0 Å². The van der Waals surface area contributed by atoms with Crippen molar-refractivity contribution in [3.8, 4) is 0 Å². The summed E-state index contributed by atoms with van der Waals surface area (Å²) in [6, 6.07) is 0.168. The molecule has 198 valence electrons. The van der Waals surface area contributed by atoms with Gasteiger partial charge in [0, 0.05) is 41.7 Å². The van der Waals surface area contributed by atoms with Crippen LogP contribution in [0.2, 0.25) is 0 Å². The average Bonchev–Trinajstić information content (AvgIpc) is 3.44. The summed E-state index contributed by atoms with van der Waals surface area (Å²) in [5.41, 5.74) is -1.07. The van der Waals surface area contributed by atoms with E-state index in [1.165, 1.54) is 0 Å². The van der Waals surface area contributed by atoms with Gasteiger partial charge in [-0.2, -0.15) is 0 Å². The minimum absolute atomic E-state index is 0.0389. The van der Waals surface area contributed by atoms with Crippen LogP contribution in [0.4, 0.5) is 0 Å². The van der Waals surface area contributed by atoms with Crippen LogP contribution in [0.25, 0.3) is 0 Å². The molecule has 5 fully saturated rings. The summed E-state index contributed by atoms with van der Waals surface area (Å²) in [6.07, 6.45) is 6.09. The molecule has 5 aliphatic carbocycles. The Hall–Kier alpha value is -0.980. The lowest BCUT2D eigenvalue weighted by atomic mass is 9.41. The second-order valence-electron chi connectivity index (χ2n) is 14.1. The van der Waals surface area contributed by atoms with Crippen LogP contribution in [-0.4, -0.2) is 65.7 Å². The smallest absolute Gasteiger partial charge is 0.219 e. The molecule has 1 amide bonds. The Morgan fingerprint density at radius 3 is 2.40 bits per heavy atom. The van der Waals surface area contributed by atoms with Crippen molar-refractivity contribution in [3.63, 3.8) is 0 Å². The van der Waals surface area contributed by atoms with Gasteiger partial charge in [0.2, 0.25) is 5.91 Å². The second-order valence-corrected chi connectivity index (χ2v) is 14.1. The van der Waals surface area contributed by atoms with E-state index < -0.39 is 5.41 Å². The molecule has 0 aromatic heterocycles. The molecule has 1 unspecified atom stereocenters. The highest BCUT2D eigenvalue weighted by Crippen LogP contribution is 2.87. The van der Waals surface area contributed by atoms with Crippen molar-refractivity contribution >= 4 is 11.7 Å². The fourth-order valence-electron chi connectivity index (χ4n) is 10.9. The number of amides is 1. The molecule has 0 aromatic rings. The molecular weight excluding hydrogens is 440 g/mol. The van der Waals surface area contributed by atoms with Gasteiger partial charge in [0.25, 0.3) is 0 Å². The van der Waals surface area contributed by atoms with E-state index in [-0.39, 0.29) is 70.1 Å². The summed E-state index contributed by atoms with van der Waals surface area (Å²) in [5.74, 6) is 1.08. The Balaban J connectivity index is 1.52. The zero-order valence-corrected chi connectivity index (χ0v) is 23.0. The largest absolute Gasteiger partial charge is 0.396 e. The first-order valence-electron chi connectivity index (χ1n) is 14.1. The van der Waals surface area contributed by atoms with Gasteiger partial charge in [0.05, 0.1) is 12.7 Å². The summed E-state index contributed by atoms with van der Waals surface area (Å²) in [4.78, 5) is 28.9. The molecule has 35 heavy (non-hydrogen) atoms. The molecule has 0 aromatic carbocycles. The van der Waals surface area contributed by atoms with Gasteiger partial charge >= 0.3 is 0 Å². The molecule has 0 saturated heterocycles. The van der Waals surface area contributed by atoms with Gasteiger partial charge in [-0.25, -0.2) is 0 Å². The maximum Gasteiger partial charge on any atom is 0.219 e. The summed E-state index contributed by atoms with van der Waals surface area (Å²) in [7, 11) is 4.16. The number of carbonyl (C=O) groups is 2. The van der Waals surface area contributed by atoms with Gasteiger partial charge in [-0.05, 0) is 87.6 Å². The van der Waals surface area contributed by atoms with Gasteiger partial charge in [0.15, 0.2) is 0 Å². The number of rotatable bonds is 5. The summed E-state index contributed by atoms with van der Waals surface area (Å²) < 4.78 is 0. The van der Waals surface area contributed by atoms with Gasteiger partial charge in [-0.3, -0.25) is 9.59 Å². The van der Waals surface area contributed by atoms with Crippen molar-refractivity contribution < 1.29 is 19.8 Å². The summed E-state index contributed by atoms with van der Waals surface area (Å²) in [5, 5.41) is 25.3. The number of hydrogen-bond acceptors (Lipinski definition) is 5. The summed E-state index contributed by atoms with van der Waals surface area (Å²) in [6.45, 7) is 11.0. The molecule has 0 radical (unpaired) electrons. The van der Waals surface area contributed by atoms with E-state index >= 15 is 0 Å². The van der Waals surface area contributed by atoms with Crippen LogP contribution in [-0.2, 0) is 9.59 Å². The van der Waals surface area contributed by atoms with Crippen molar-refractivity contribution in [2.24, 2.45) is 44.8 Å². The zero-order chi connectivity index (χ0) is 25.8. The number of carbonyl (C=O) groups excluding carboxylic acids is 2. The van der Waals surface area contributed by atoms with E-state index in [9.17, 15) is 19.8 Å². The highest BCUT2D eigenvalue weighted by Gasteiger charge is 2.86. The molecule has 6 nitrogen and oxygen atoms in total. The average molecular weight is 489 g/mol. The monoisotopic (exact) mass is 488 g/mol. The van der Waals surface area contributed by atoms with E-state index in [0.717, 1.165) is 38.5 Å². The standard InChI is InChI=1S/C29H48N2O4/c1-8-23(35)30-21-11-12-28-15-29(28)20(10-9-19(28)25(21,3)16-32)26(4)13-18(33)24(17(2)31(6)7)27(26,5)14-22(29)34/h17-21,24,32-33H,8-16H2,1-7H3,(H,30,35)/t17-,18+,19-,20-,21-,24-,25-,26-,27+,28+,29?/m0/s1. The Labute approximate surface area is 211 Å². The fraction of sp³-hybridized carbons (Fsp3) is 0.931. The maximum absolute atomic E-state index is 14.4. The zero-order valence-electron chi connectivity index (χ0n) is 23.0. The van der Waals surface area contributed by atoms with Gasteiger partial charge < -0.3 is 20.4 Å². The Morgan fingerprint density at radius 1 is 1.14 bits per heavy atom. The molecular formula is C29H48N2O4. The van der Waals surface area contributed by atoms with Crippen LogP contribution >= 0.6 is 0 Å². The lowest BCUT2D eigenvalue weighted by molar-refractivity contribution is -0.173. The Morgan fingerprint density at radius 2 is 1.80 bits per heavy atom. The van der Waals surface area contributed by atoms with Crippen molar-refractivity contribution in [2.45, 2.75) is 104 Å². The van der Waals surface area contributed by atoms with Crippen LogP contribution in [0.15, 0.2) is 0 Å². The van der Waals surface area contributed by atoms with E-state index in [2.05, 4.69) is 52.0 Å². The third-order valence-electron chi connectivity index (χ3n) is 13.0. The third kappa shape index (κ3) is 2.88. The minimum Gasteiger partial charge on any atom is -0.396 e. The molecule has 2 spiro atoms. The number of fused-ring (bicyclic) bond motifs is 2. The molecule has 5 rings (SSSR count).